The fourth-order valence-corrected chi connectivity index (χ4v) is 5.39. The van der Waals surface area contributed by atoms with E-state index in [0.717, 1.165) is 28.4 Å². The summed E-state index contributed by atoms with van der Waals surface area (Å²) in [6, 6.07) is 2.25. The lowest BCUT2D eigenvalue weighted by atomic mass is 9.84. The molecule has 2 bridgehead atoms. The van der Waals surface area contributed by atoms with Crippen LogP contribution in [0.15, 0.2) is 11.1 Å². The van der Waals surface area contributed by atoms with Crippen molar-refractivity contribution < 1.29 is 4.79 Å². The Labute approximate surface area is 156 Å². The fourth-order valence-electron chi connectivity index (χ4n) is 4.47. The van der Waals surface area contributed by atoms with E-state index in [9.17, 15) is 4.79 Å². The molecule has 5 atom stereocenters. The van der Waals surface area contributed by atoms with E-state index in [1.54, 1.807) is 0 Å². The van der Waals surface area contributed by atoms with E-state index in [0.29, 0.717) is 11.8 Å². The number of carbonyl (C=O) groups excluding carboxylic acids is 1. The van der Waals surface area contributed by atoms with E-state index in [-0.39, 0.29) is 17.2 Å². The van der Waals surface area contributed by atoms with Crippen molar-refractivity contribution in [2.45, 2.75) is 82.5 Å². The second-order valence-corrected chi connectivity index (χ2v) is 9.62. The number of hydrogen-bond donors (Lipinski definition) is 1. The molecule has 4 nitrogen and oxygen atoms in total. The van der Waals surface area contributed by atoms with Gasteiger partial charge in [-0.3, -0.25) is 4.79 Å². The van der Waals surface area contributed by atoms with Crippen LogP contribution >= 0.6 is 11.8 Å². The third-order valence-corrected chi connectivity index (χ3v) is 6.85. The first-order valence-corrected chi connectivity index (χ1v) is 10.5. The average molecular weight is 362 g/mol. The number of hydrogen-bond acceptors (Lipinski definition) is 4. The highest BCUT2D eigenvalue weighted by molar-refractivity contribution is 8.00. The van der Waals surface area contributed by atoms with Crippen LogP contribution in [0.2, 0.25) is 0 Å². The molecule has 2 fully saturated rings. The van der Waals surface area contributed by atoms with Gasteiger partial charge in [-0.15, -0.1) is 0 Å². The largest absolute Gasteiger partial charge is 0.352 e. The molecule has 1 amide bonds. The molecule has 25 heavy (non-hydrogen) atoms. The monoisotopic (exact) mass is 361 g/mol. The maximum Gasteiger partial charge on any atom is 0.233 e. The molecule has 0 unspecified atom stereocenters. The molecule has 3 rings (SSSR count). The van der Waals surface area contributed by atoms with Gasteiger partial charge >= 0.3 is 0 Å². The van der Waals surface area contributed by atoms with Crippen molar-refractivity contribution >= 4 is 17.7 Å². The minimum absolute atomic E-state index is 0.127. The smallest absolute Gasteiger partial charge is 0.233 e. The molecular formula is C20H31N3OS. The van der Waals surface area contributed by atoms with E-state index in [4.69, 9.17) is 0 Å². The average Bonchev–Trinajstić information content (AvgIpc) is 3.17. The van der Waals surface area contributed by atoms with Crippen LogP contribution in [0.25, 0.3) is 0 Å². The van der Waals surface area contributed by atoms with Crippen LogP contribution in [-0.2, 0) is 4.79 Å². The summed E-state index contributed by atoms with van der Waals surface area (Å²) in [7, 11) is 0. The Hall–Kier alpha value is -1.10. The standard InChI is InChI=1S/C20H31N3OS/c1-11(2)19-21-12(3)8-18(23-19)25-14(5)20(24)22-13(4)17-10-15-6-7-16(17)9-15/h8,11,13-17H,6-7,9-10H2,1-5H3,(H,22,24)/t13-,14-,15+,16+,17+/m1/s1. The first-order valence-electron chi connectivity index (χ1n) is 9.66. The van der Waals surface area contributed by atoms with Crippen molar-refractivity contribution in [1.82, 2.24) is 15.3 Å². The molecular weight excluding hydrogens is 330 g/mol. The SMILES string of the molecule is Cc1cc(S[C@H](C)C(=O)N[C@H](C)[C@@H]2C[C@H]3CC[C@H]2C3)nc(C(C)C)n1. The minimum Gasteiger partial charge on any atom is -0.352 e. The van der Waals surface area contributed by atoms with Gasteiger partial charge in [-0.05, 0) is 63.9 Å². The Morgan fingerprint density at radius 2 is 1.96 bits per heavy atom. The number of rotatable bonds is 6. The van der Waals surface area contributed by atoms with Gasteiger partial charge in [-0.1, -0.05) is 32.0 Å². The molecule has 2 aliphatic carbocycles. The van der Waals surface area contributed by atoms with Crippen molar-refractivity contribution in [2.75, 3.05) is 0 Å². The molecule has 0 saturated heterocycles. The molecule has 1 aromatic heterocycles. The summed E-state index contributed by atoms with van der Waals surface area (Å²) in [6.07, 6.45) is 5.45. The predicted octanol–water partition coefficient (Wildman–Crippen LogP) is 4.33. The topological polar surface area (TPSA) is 54.9 Å². The summed E-state index contributed by atoms with van der Waals surface area (Å²) in [5.74, 6) is 3.70. The lowest BCUT2D eigenvalue weighted by Crippen LogP contribution is -2.43. The second-order valence-electron chi connectivity index (χ2n) is 8.26. The molecule has 1 heterocycles. The molecule has 0 radical (unpaired) electrons. The Morgan fingerprint density at radius 3 is 2.56 bits per heavy atom. The molecule has 0 aliphatic heterocycles. The van der Waals surface area contributed by atoms with Gasteiger partial charge in [0.2, 0.25) is 5.91 Å². The maximum atomic E-state index is 12.6. The molecule has 1 aromatic rings. The molecule has 2 aliphatic rings. The van der Waals surface area contributed by atoms with E-state index in [1.807, 2.05) is 19.9 Å². The van der Waals surface area contributed by atoms with Crippen LogP contribution in [0, 0.1) is 24.7 Å². The Morgan fingerprint density at radius 1 is 1.20 bits per heavy atom. The number of nitrogens with zero attached hydrogens (tertiary/aromatic N) is 2. The van der Waals surface area contributed by atoms with Crippen molar-refractivity contribution in [2.24, 2.45) is 17.8 Å². The first kappa shape index (κ1) is 18.7. The number of aromatic nitrogens is 2. The van der Waals surface area contributed by atoms with Crippen LogP contribution in [0.4, 0.5) is 0 Å². The quantitative estimate of drug-likeness (QED) is 0.605. The molecule has 0 spiro atoms. The van der Waals surface area contributed by atoms with Crippen LogP contribution in [0.1, 0.15) is 70.8 Å². The summed E-state index contributed by atoms with van der Waals surface area (Å²) in [6.45, 7) is 10.3. The Balaban J connectivity index is 1.57. The van der Waals surface area contributed by atoms with Crippen LogP contribution in [0.5, 0.6) is 0 Å². The number of amides is 1. The van der Waals surface area contributed by atoms with Gasteiger partial charge in [-0.25, -0.2) is 9.97 Å². The molecule has 5 heteroatoms. The summed E-state index contributed by atoms with van der Waals surface area (Å²) in [5.41, 5.74) is 0.962. The molecule has 138 valence electrons. The highest BCUT2D eigenvalue weighted by Gasteiger charge is 2.42. The molecule has 1 N–H and O–H groups in total. The van der Waals surface area contributed by atoms with Crippen molar-refractivity contribution in [3.63, 3.8) is 0 Å². The van der Waals surface area contributed by atoms with Gasteiger partial charge in [0, 0.05) is 17.7 Å². The first-order chi connectivity index (χ1) is 11.8. The highest BCUT2D eigenvalue weighted by atomic mass is 32.2. The van der Waals surface area contributed by atoms with Crippen LogP contribution < -0.4 is 5.32 Å². The highest BCUT2D eigenvalue weighted by Crippen LogP contribution is 2.49. The van der Waals surface area contributed by atoms with Gasteiger partial charge in [0.1, 0.15) is 10.9 Å². The lowest BCUT2D eigenvalue weighted by molar-refractivity contribution is -0.121. The summed E-state index contributed by atoms with van der Waals surface area (Å²) in [5, 5.41) is 4.03. The summed E-state index contributed by atoms with van der Waals surface area (Å²) >= 11 is 1.53. The van der Waals surface area contributed by atoms with E-state index in [2.05, 4.69) is 36.1 Å². The number of aryl methyl sites for hydroxylation is 1. The number of carbonyl (C=O) groups is 1. The lowest BCUT2D eigenvalue weighted by Gasteiger charge is -2.29. The fraction of sp³-hybridized carbons (Fsp3) is 0.750. The number of thioether (sulfide) groups is 1. The van der Waals surface area contributed by atoms with Crippen molar-refractivity contribution in [1.29, 1.82) is 0 Å². The van der Waals surface area contributed by atoms with Gasteiger partial charge < -0.3 is 5.32 Å². The zero-order valence-corrected chi connectivity index (χ0v) is 16.9. The van der Waals surface area contributed by atoms with Gasteiger partial charge in [-0.2, -0.15) is 0 Å². The Kier molecular flexibility index (Phi) is 5.71. The number of nitrogens with one attached hydrogen (secondary N) is 1. The maximum absolute atomic E-state index is 12.6. The van der Waals surface area contributed by atoms with Crippen molar-refractivity contribution in [3.8, 4) is 0 Å². The summed E-state index contributed by atoms with van der Waals surface area (Å²) in [4.78, 5) is 21.7. The van der Waals surface area contributed by atoms with Gasteiger partial charge in [0.05, 0.1) is 5.25 Å². The van der Waals surface area contributed by atoms with E-state index >= 15 is 0 Å². The van der Waals surface area contributed by atoms with E-state index in [1.165, 1.54) is 37.4 Å². The minimum atomic E-state index is -0.143. The van der Waals surface area contributed by atoms with E-state index < -0.39 is 0 Å². The zero-order valence-electron chi connectivity index (χ0n) is 16.1. The normalized spacial score (nSPS) is 27.5. The van der Waals surface area contributed by atoms with Gasteiger partial charge in [0.15, 0.2) is 0 Å². The van der Waals surface area contributed by atoms with Gasteiger partial charge in [0.25, 0.3) is 0 Å². The number of fused-ring (bicyclic) bond motifs is 2. The summed E-state index contributed by atoms with van der Waals surface area (Å²) < 4.78 is 0. The van der Waals surface area contributed by atoms with Crippen LogP contribution in [-0.4, -0.2) is 27.2 Å². The third kappa shape index (κ3) is 4.36. The third-order valence-electron chi connectivity index (χ3n) is 5.84. The molecule has 0 aromatic carbocycles. The van der Waals surface area contributed by atoms with Crippen molar-refractivity contribution in [3.05, 3.63) is 17.6 Å². The molecule has 2 saturated carbocycles. The zero-order chi connectivity index (χ0) is 18.1. The second kappa shape index (κ2) is 7.65. The Bertz CT molecular complexity index is 633. The van der Waals surface area contributed by atoms with Crippen LogP contribution in [0.3, 0.4) is 0 Å². The predicted molar refractivity (Wildman–Crippen MR) is 103 cm³/mol.